The Kier molecular flexibility index (Phi) is 1.86. The number of hydrogen-bond acceptors (Lipinski definition) is 4. The lowest BCUT2D eigenvalue weighted by molar-refractivity contribution is 0.0595. The normalized spacial score (nSPS) is 13.6. The maximum atomic E-state index is 11.5. The number of hydrogen-bond donors (Lipinski definition) is 0. The highest BCUT2D eigenvalue weighted by Gasteiger charge is 2.22. The Morgan fingerprint density at radius 3 is 3.31 bits per heavy atom. The maximum Gasteiger partial charge on any atom is 0.343 e. The zero-order valence-electron chi connectivity index (χ0n) is 8.77. The minimum atomic E-state index is -0.418. The molecule has 82 valence electrons. The number of aromatic nitrogens is 2. The van der Waals surface area contributed by atoms with Crippen LogP contribution >= 0.6 is 0 Å². The minimum absolute atomic E-state index is 0.384. The van der Waals surface area contributed by atoms with Gasteiger partial charge in [-0.3, -0.25) is 4.98 Å². The summed E-state index contributed by atoms with van der Waals surface area (Å²) in [6.07, 6.45) is 3.45. The molecule has 0 N–H and O–H groups in total. The van der Waals surface area contributed by atoms with E-state index in [-0.39, 0.29) is 0 Å². The number of nitrogens with zero attached hydrogens (tertiary/aromatic N) is 2. The molecule has 0 bridgehead atoms. The van der Waals surface area contributed by atoms with Crippen LogP contribution in [0.5, 0.6) is 5.75 Å². The predicted molar refractivity (Wildman–Crippen MR) is 56.6 cm³/mol. The van der Waals surface area contributed by atoms with E-state index in [2.05, 4.69) is 4.98 Å². The summed E-state index contributed by atoms with van der Waals surface area (Å²) in [5, 5.41) is 0. The quantitative estimate of drug-likeness (QED) is 0.675. The van der Waals surface area contributed by atoms with E-state index in [1.807, 2.05) is 16.8 Å². The molecule has 0 aliphatic carbocycles. The number of carbonyl (C=O) groups is 1. The number of esters is 1. The monoisotopic (exact) mass is 218 g/mol. The van der Waals surface area contributed by atoms with Crippen molar-refractivity contribution in [3.63, 3.8) is 0 Å². The molecule has 0 aromatic carbocycles. The van der Waals surface area contributed by atoms with Crippen LogP contribution in [0, 0.1) is 0 Å². The first-order chi connectivity index (χ1) is 7.81. The van der Waals surface area contributed by atoms with Gasteiger partial charge in [-0.1, -0.05) is 0 Å². The average Bonchev–Trinajstić information content (AvgIpc) is 2.74. The van der Waals surface area contributed by atoms with E-state index >= 15 is 0 Å². The van der Waals surface area contributed by atoms with Crippen molar-refractivity contribution < 1.29 is 14.3 Å². The second-order valence-corrected chi connectivity index (χ2v) is 3.58. The molecular formula is C11H10N2O3. The van der Waals surface area contributed by atoms with Crippen molar-refractivity contribution in [2.75, 3.05) is 13.7 Å². The maximum absolute atomic E-state index is 11.5. The zero-order chi connectivity index (χ0) is 11.1. The summed E-state index contributed by atoms with van der Waals surface area (Å²) in [6, 6.07) is 1.91. The summed E-state index contributed by atoms with van der Waals surface area (Å²) in [5.74, 6) is 0.159. The van der Waals surface area contributed by atoms with E-state index in [1.54, 1.807) is 0 Å². The summed E-state index contributed by atoms with van der Waals surface area (Å²) in [7, 11) is 1.35. The fourth-order valence-electron chi connectivity index (χ4n) is 1.97. The highest BCUT2D eigenvalue weighted by molar-refractivity contribution is 5.98. The van der Waals surface area contributed by atoms with Crippen molar-refractivity contribution in [2.45, 2.75) is 6.54 Å². The first-order valence-corrected chi connectivity index (χ1v) is 5.00. The number of carbonyl (C=O) groups excluding carboxylic acids is 1. The van der Waals surface area contributed by atoms with Crippen molar-refractivity contribution >= 4 is 17.0 Å². The third kappa shape index (κ3) is 1.11. The molecule has 1 aliphatic heterocycles. The van der Waals surface area contributed by atoms with Crippen LogP contribution in [0.25, 0.3) is 11.0 Å². The number of pyridine rings is 1. The number of methoxy groups -OCH3 is 1. The lowest BCUT2D eigenvalue weighted by Gasteiger charge is -2.18. The molecule has 5 nitrogen and oxygen atoms in total. The third-order valence-electron chi connectivity index (χ3n) is 2.72. The Hall–Kier alpha value is -2.04. The van der Waals surface area contributed by atoms with Crippen LogP contribution in [0.2, 0.25) is 0 Å². The van der Waals surface area contributed by atoms with E-state index < -0.39 is 5.97 Å². The van der Waals surface area contributed by atoms with E-state index in [4.69, 9.17) is 9.47 Å². The SMILES string of the molecule is COC(=O)c1cnc2ccn3c2c1OCC3. The van der Waals surface area contributed by atoms with Crippen LogP contribution in [-0.2, 0) is 11.3 Å². The molecule has 5 heteroatoms. The predicted octanol–water partition coefficient (Wildman–Crippen LogP) is 1.22. The van der Waals surface area contributed by atoms with Gasteiger partial charge in [-0.15, -0.1) is 0 Å². The van der Waals surface area contributed by atoms with Gasteiger partial charge in [0.25, 0.3) is 0 Å². The van der Waals surface area contributed by atoms with E-state index in [9.17, 15) is 4.79 Å². The number of rotatable bonds is 1. The standard InChI is InChI=1S/C11H10N2O3/c1-15-11(14)7-6-12-8-2-3-13-4-5-16-10(7)9(8)13/h2-3,6H,4-5H2,1H3. The van der Waals surface area contributed by atoms with Crippen molar-refractivity contribution in [3.8, 4) is 5.75 Å². The van der Waals surface area contributed by atoms with Gasteiger partial charge in [-0.05, 0) is 6.07 Å². The van der Waals surface area contributed by atoms with Gasteiger partial charge in [0.2, 0.25) is 0 Å². The van der Waals surface area contributed by atoms with Crippen molar-refractivity contribution in [3.05, 3.63) is 24.0 Å². The molecule has 16 heavy (non-hydrogen) atoms. The van der Waals surface area contributed by atoms with Crippen LogP contribution in [0.3, 0.4) is 0 Å². The van der Waals surface area contributed by atoms with Crippen LogP contribution in [-0.4, -0.2) is 29.2 Å². The second-order valence-electron chi connectivity index (χ2n) is 3.58. The molecule has 3 heterocycles. The Bertz CT molecular complexity index is 574. The summed E-state index contributed by atoms with van der Waals surface area (Å²) in [4.78, 5) is 15.8. The molecule has 0 saturated carbocycles. The molecule has 2 aromatic rings. The zero-order valence-corrected chi connectivity index (χ0v) is 8.77. The Balaban J connectivity index is 2.32. The lowest BCUT2D eigenvalue weighted by atomic mass is 10.2. The summed E-state index contributed by atoms with van der Waals surface area (Å²) >= 11 is 0. The summed E-state index contributed by atoms with van der Waals surface area (Å²) in [5.41, 5.74) is 2.09. The number of ether oxygens (including phenoxy) is 2. The van der Waals surface area contributed by atoms with Crippen molar-refractivity contribution in [1.82, 2.24) is 9.55 Å². The molecule has 2 aromatic heterocycles. The van der Waals surface area contributed by atoms with Gasteiger partial charge < -0.3 is 14.0 Å². The van der Waals surface area contributed by atoms with E-state index in [0.29, 0.717) is 17.9 Å². The highest BCUT2D eigenvalue weighted by Crippen LogP contribution is 2.32. The van der Waals surface area contributed by atoms with Gasteiger partial charge in [0.05, 0.1) is 19.2 Å². The summed E-state index contributed by atoms with van der Waals surface area (Å²) in [6.45, 7) is 1.34. The van der Waals surface area contributed by atoms with Crippen LogP contribution in [0.4, 0.5) is 0 Å². The molecule has 0 fully saturated rings. The van der Waals surface area contributed by atoms with Crippen LogP contribution < -0.4 is 4.74 Å². The first-order valence-electron chi connectivity index (χ1n) is 5.00. The molecule has 0 saturated heterocycles. The van der Waals surface area contributed by atoms with Gasteiger partial charge in [0.1, 0.15) is 17.7 Å². The third-order valence-corrected chi connectivity index (χ3v) is 2.72. The Labute approximate surface area is 91.6 Å². The molecule has 1 aliphatic rings. The van der Waals surface area contributed by atoms with Crippen molar-refractivity contribution in [1.29, 1.82) is 0 Å². The fraction of sp³-hybridized carbons (Fsp3) is 0.273. The van der Waals surface area contributed by atoms with Crippen LogP contribution in [0.1, 0.15) is 10.4 Å². The molecule has 3 rings (SSSR count). The first kappa shape index (κ1) is 9.21. The molecule has 0 atom stereocenters. The van der Waals surface area contributed by atoms with Gasteiger partial charge in [0.15, 0.2) is 5.75 Å². The van der Waals surface area contributed by atoms with Gasteiger partial charge >= 0.3 is 5.97 Å². The second kappa shape index (κ2) is 3.23. The van der Waals surface area contributed by atoms with Gasteiger partial charge in [-0.2, -0.15) is 0 Å². The van der Waals surface area contributed by atoms with Crippen LogP contribution in [0.15, 0.2) is 18.5 Å². The highest BCUT2D eigenvalue weighted by atomic mass is 16.5. The van der Waals surface area contributed by atoms with Crippen molar-refractivity contribution in [2.24, 2.45) is 0 Å². The molecule has 0 unspecified atom stereocenters. The molecule has 0 spiro atoms. The summed E-state index contributed by atoms with van der Waals surface area (Å²) < 4.78 is 12.3. The lowest BCUT2D eigenvalue weighted by Crippen LogP contribution is -2.16. The van der Waals surface area contributed by atoms with E-state index in [0.717, 1.165) is 17.6 Å². The average molecular weight is 218 g/mol. The topological polar surface area (TPSA) is 53.3 Å². The molecular weight excluding hydrogens is 208 g/mol. The largest absolute Gasteiger partial charge is 0.488 e. The fourth-order valence-corrected chi connectivity index (χ4v) is 1.97. The smallest absolute Gasteiger partial charge is 0.343 e. The van der Waals surface area contributed by atoms with Gasteiger partial charge in [-0.25, -0.2) is 4.79 Å². The minimum Gasteiger partial charge on any atom is -0.488 e. The van der Waals surface area contributed by atoms with Gasteiger partial charge in [0, 0.05) is 12.4 Å². The molecule has 0 radical (unpaired) electrons. The van der Waals surface area contributed by atoms with E-state index in [1.165, 1.54) is 13.3 Å². The Morgan fingerprint density at radius 2 is 2.50 bits per heavy atom. The molecule has 0 amide bonds. The Morgan fingerprint density at radius 1 is 1.62 bits per heavy atom.